The number of carbonyl (C=O) groups is 3. The molecule has 0 saturated heterocycles. The van der Waals surface area contributed by atoms with E-state index in [1.807, 2.05) is 13.8 Å². The Morgan fingerprint density at radius 2 is 1.50 bits per heavy atom. The van der Waals surface area contributed by atoms with Crippen molar-refractivity contribution in [3.63, 3.8) is 0 Å². The molecule has 1 unspecified atom stereocenters. The second kappa shape index (κ2) is 8.34. The number of hydrogen-bond acceptors (Lipinski definition) is 3. The van der Waals surface area contributed by atoms with Gasteiger partial charge in [-0.3, -0.25) is 14.4 Å². The van der Waals surface area contributed by atoms with Crippen LogP contribution >= 0.6 is 0 Å². The first-order valence-electron chi connectivity index (χ1n) is 6.11. The highest BCUT2D eigenvalue weighted by Gasteiger charge is 2.25. The van der Waals surface area contributed by atoms with Gasteiger partial charge in [-0.25, -0.2) is 0 Å². The van der Waals surface area contributed by atoms with E-state index in [0.717, 1.165) is 0 Å². The molecular weight excluding hydrogens is 228 g/mol. The first kappa shape index (κ1) is 16.2. The van der Waals surface area contributed by atoms with Crippen LogP contribution in [0, 0.1) is 5.92 Å². The molecule has 0 amide bonds. The molecule has 0 aliphatic heterocycles. The summed E-state index contributed by atoms with van der Waals surface area (Å²) in [6.07, 6.45) is -0.0109. The molecule has 18 heavy (non-hydrogen) atoms. The molecule has 0 radical (unpaired) electrons. The van der Waals surface area contributed by atoms with Crippen molar-refractivity contribution in [3.05, 3.63) is 35.9 Å². The summed E-state index contributed by atoms with van der Waals surface area (Å²) in [7, 11) is 0. The summed E-state index contributed by atoms with van der Waals surface area (Å²) in [5.41, 5.74) is 0.476. The largest absolute Gasteiger partial charge is 0.300 e. The molecule has 3 heteroatoms. The van der Waals surface area contributed by atoms with Crippen LogP contribution in [0.25, 0.3) is 0 Å². The fourth-order valence-corrected chi connectivity index (χ4v) is 1.51. The van der Waals surface area contributed by atoms with E-state index >= 15 is 0 Å². The Labute approximate surface area is 108 Å². The molecule has 1 aromatic carbocycles. The van der Waals surface area contributed by atoms with Gasteiger partial charge in [-0.2, -0.15) is 0 Å². The van der Waals surface area contributed by atoms with Crippen LogP contribution < -0.4 is 0 Å². The quantitative estimate of drug-likeness (QED) is 0.594. The number of rotatable bonds is 5. The van der Waals surface area contributed by atoms with Crippen molar-refractivity contribution in [1.82, 2.24) is 0 Å². The van der Waals surface area contributed by atoms with Gasteiger partial charge in [0.1, 0.15) is 11.6 Å². The molecule has 1 atom stereocenters. The smallest absolute Gasteiger partial charge is 0.173 e. The fourth-order valence-electron chi connectivity index (χ4n) is 1.51. The van der Waals surface area contributed by atoms with Crippen molar-refractivity contribution >= 4 is 17.3 Å². The number of carbonyl (C=O) groups excluding carboxylic acids is 3. The van der Waals surface area contributed by atoms with Crippen LogP contribution in [0.3, 0.4) is 0 Å². The predicted molar refractivity (Wildman–Crippen MR) is 71.6 cm³/mol. The van der Waals surface area contributed by atoms with Crippen molar-refractivity contribution in [2.75, 3.05) is 0 Å². The fraction of sp³-hybridized carbons (Fsp3) is 0.400. The van der Waals surface area contributed by atoms with Crippen LogP contribution in [0.2, 0.25) is 0 Å². The number of hydrogen-bond donors (Lipinski definition) is 0. The van der Waals surface area contributed by atoms with E-state index in [1.54, 1.807) is 30.3 Å². The zero-order valence-corrected chi connectivity index (χ0v) is 11.4. The van der Waals surface area contributed by atoms with Gasteiger partial charge >= 0.3 is 0 Å². The maximum atomic E-state index is 11.9. The van der Waals surface area contributed by atoms with Gasteiger partial charge < -0.3 is 0 Å². The predicted octanol–water partition coefficient (Wildman–Crippen LogP) is 3.08. The monoisotopic (exact) mass is 248 g/mol. The van der Waals surface area contributed by atoms with Crippen molar-refractivity contribution in [3.8, 4) is 0 Å². The van der Waals surface area contributed by atoms with Gasteiger partial charge in [-0.1, -0.05) is 44.2 Å². The van der Waals surface area contributed by atoms with E-state index in [2.05, 4.69) is 0 Å². The molecule has 0 N–H and O–H groups in total. The van der Waals surface area contributed by atoms with E-state index in [-0.39, 0.29) is 23.8 Å². The van der Waals surface area contributed by atoms with Crippen LogP contribution in [0.1, 0.15) is 44.5 Å². The van der Waals surface area contributed by atoms with E-state index in [0.29, 0.717) is 5.56 Å². The third kappa shape index (κ3) is 5.04. The van der Waals surface area contributed by atoms with Crippen LogP contribution in [0.4, 0.5) is 0 Å². The van der Waals surface area contributed by atoms with Crippen LogP contribution in [0.15, 0.2) is 30.3 Å². The van der Waals surface area contributed by atoms with Gasteiger partial charge in [0.15, 0.2) is 5.78 Å². The zero-order valence-electron chi connectivity index (χ0n) is 11.4. The second-order valence-electron chi connectivity index (χ2n) is 3.80. The van der Waals surface area contributed by atoms with Gasteiger partial charge in [-0.05, 0) is 13.8 Å². The lowest BCUT2D eigenvalue weighted by atomic mass is 9.90. The molecule has 0 bridgehead atoms. The molecule has 3 nitrogen and oxygen atoms in total. The van der Waals surface area contributed by atoms with Gasteiger partial charge in [0, 0.05) is 12.0 Å². The molecular formula is C15H20O3. The average Bonchev–Trinajstić information content (AvgIpc) is 2.38. The molecule has 0 fully saturated rings. The SMILES string of the molecule is CC.CC(=O)CC(C(C)=O)C(=O)c1ccccc1. The highest BCUT2D eigenvalue weighted by Crippen LogP contribution is 2.14. The first-order valence-corrected chi connectivity index (χ1v) is 6.11. The zero-order chi connectivity index (χ0) is 14.1. The Hall–Kier alpha value is -1.77. The maximum absolute atomic E-state index is 11.9. The number of ketones is 3. The Bertz CT molecular complexity index is 407. The molecule has 1 rings (SSSR count). The minimum atomic E-state index is -0.833. The van der Waals surface area contributed by atoms with E-state index < -0.39 is 5.92 Å². The minimum Gasteiger partial charge on any atom is -0.300 e. The molecule has 0 heterocycles. The number of benzene rings is 1. The summed E-state index contributed by atoms with van der Waals surface area (Å²) in [6, 6.07) is 8.57. The topological polar surface area (TPSA) is 51.2 Å². The summed E-state index contributed by atoms with van der Waals surface area (Å²) in [5.74, 6) is -1.52. The Kier molecular flexibility index (Phi) is 7.52. The molecule has 0 aliphatic rings. The van der Waals surface area contributed by atoms with E-state index in [9.17, 15) is 14.4 Å². The Morgan fingerprint density at radius 3 is 1.89 bits per heavy atom. The normalized spacial score (nSPS) is 10.9. The lowest BCUT2D eigenvalue weighted by Gasteiger charge is -2.10. The van der Waals surface area contributed by atoms with E-state index in [4.69, 9.17) is 0 Å². The maximum Gasteiger partial charge on any atom is 0.173 e. The lowest BCUT2D eigenvalue weighted by Crippen LogP contribution is -2.24. The Morgan fingerprint density at radius 1 is 1.00 bits per heavy atom. The van der Waals surface area contributed by atoms with Crippen molar-refractivity contribution in [2.24, 2.45) is 5.92 Å². The molecule has 98 valence electrons. The standard InChI is InChI=1S/C13H14O3.C2H6/c1-9(14)8-12(10(2)15)13(16)11-6-4-3-5-7-11;1-2/h3-7,12H,8H2,1-2H3;1-2H3. The third-order valence-corrected chi connectivity index (χ3v) is 2.36. The summed E-state index contributed by atoms with van der Waals surface area (Å²) in [5, 5.41) is 0. The van der Waals surface area contributed by atoms with E-state index in [1.165, 1.54) is 13.8 Å². The minimum absolute atomic E-state index is 0.0109. The highest BCUT2D eigenvalue weighted by molar-refractivity contribution is 6.11. The van der Waals surface area contributed by atoms with Crippen LogP contribution in [0.5, 0.6) is 0 Å². The van der Waals surface area contributed by atoms with Gasteiger partial charge in [-0.15, -0.1) is 0 Å². The second-order valence-corrected chi connectivity index (χ2v) is 3.80. The van der Waals surface area contributed by atoms with Crippen LogP contribution in [-0.4, -0.2) is 17.3 Å². The summed E-state index contributed by atoms with van der Waals surface area (Å²) in [4.78, 5) is 34.3. The number of Topliss-reactive ketones (excluding diaryl/α,β-unsaturated/α-hetero) is 3. The lowest BCUT2D eigenvalue weighted by molar-refractivity contribution is -0.124. The van der Waals surface area contributed by atoms with Gasteiger partial charge in [0.2, 0.25) is 0 Å². The van der Waals surface area contributed by atoms with Gasteiger partial charge in [0.25, 0.3) is 0 Å². The molecule has 1 aromatic rings. The summed E-state index contributed by atoms with van der Waals surface area (Å²) >= 11 is 0. The van der Waals surface area contributed by atoms with Gasteiger partial charge in [0.05, 0.1) is 5.92 Å². The average molecular weight is 248 g/mol. The molecule has 0 spiro atoms. The van der Waals surface area contributed by atoms with Crippen LogP contribution in [-0.2, 0) is 9.59 Å². The summed E-state index contributed by atoms with van der Waals surface area (Å²) in [6.45, 7) is 6.72. The molecule has 0 aromatic heterocycles. The summed E-state index contributed by atoms with van der Waals surface area (Å²) < 4.78 is 0. The highest BCUT2D eigenvalue weighted by atomic mass is 16.2. The Balaban J connectivity index is 0.00000137. The van der Waals surface area contributed by atoms with Crippen molar-refractivity contribution in [1.29, 1.82) is 0 Å². The van der Waals surface area contributed by atoms with Crippen molar-refractivity contribution in [2.45, 2.75) is 34.1 Å². The third-order valence-electron chi connectivity index (χ3n) is 2.36. The van der Waals surface area contributed by atoms with Crippen molar-refractivity contribution < 1.29 is 14.4 Å². The molecule has 0 saturated carbocycles. The molecule has 0 aliphatic carbocycles. The first-order chi connectivity index (χ1) is 8.52.